The molecule has 2 aliphatic rings. The van der Waals surface area contributed by atoms with Gasteiger partial charge in [0.2, 0.25) is 5.78 Å². The smallest absolute Gasteiger partial charge is 0.215 e. The van der Waals surface area contributed by atoms with E-state index < -0.39 is 30.4 Å². The predicted octanol–water partition coefficient (Wildman–Crippen LogP) is 3.57. The number of benzene rings is 3. The standard InChI is InChI=1S/C27H25N3O5/c1-27(2)34-25-24(32)20(33-26(25)35-27)15-30-22(19-13-12-16-8-6-7-11-18(16)14-19)21(28-29-30)23(31)17-9-4-3-5-10-17/h3-14,20,24-26,32H,15H2,1-2H3/t20-,24+,25-,26-/m1/s1. The topological polar surface area (TPSA) is 95.7 Å². The summed E-state index contributed by atoms with van der Waals surface area (Å²) in [6, 6.07) is 23.0. The van der Waals surface area contributed by atoms with Gasteiger partial charge in [-0.2, -0.15) is 0 Å². The summed E-state index contributed by atoms with van der Waals surface area (Å²) in [6.07, 6.45) is -2.80. The highest BCUT2D eigenvalue weighted by atomic mass is 16.8. The number of carbonyl (C=O) groups excluding carboxylic acids is 1. The summed E-state index contributed by atoms with van der Waals surface area (Å²) in [5.41, 5.74) is 2.14. The van der Waals surface area contributed by atoms with Crippen LogP contribution >= 0.6 is 0 Å². The van der Waals surface area contributed by atoms with Crippen molar-refractivity contribution in [3.63, 3.8) is 0 Å². The Kier molecular flexibility index (Phi) is 5.26. The molecule has 6 rings (SSSR count). The van der Waals surface area contributed by atoms with E-state index in [0.717, 1.165) is 16.3 Å². The molecule has 0 spiro atoms. The average molecular weight is 472 g/mol. The van der Waals surface area contributed by atoms with E-state index in [9.17, 15) is 9.90 Å². The van der Waals surface area contributed by atoms with Gasteiger partial charge < -0.3 is 19.3 Å². The third kappa shape index (κ3) is 3.94. The van der Waals surface area contributed by atoms with E-state index in [2.05, 4.69) is 10.3 Å². The fourth-order valence-electron chi connectivity index (χ4n) is 4.82. The van der Waals surface area contributed by atoms with Crippen molar-refractivity contribution in [2.45, 2.75) is 50.8 Å². The van der Waals surface area contributed by atoms with E-state index in [1.807, 2.05) is 60.7 Å². The summed E-state index contributed by atoms with van der Waals surface area (Å²) in [4.78, 5) is 13.4. The molecular formula is C27H25N3O5. The lowest BCUT2D eigenvalue weighted by Gasteiger charge is -2.23. The van der Waals surface area contributed by atoms with Crippen LogP contribution in [-0.4, -0.2) is 56.3 Å². The fourth-order valence-corrected chi connectivity index (χ4v) is 4.82. The summed E-state index contributed by atoms with van der Waals surface area (Å²) in [5, 5.41) is 21.6. The Morgan fingerprint density at radius 2 is 1.74 bits per heavy atom. The number of hydrogen-bond acceptors (Lipinski definition) is 7. The first-order chi connectivity index (χ1) is 16.9. The molecule has 0 amide bonds. The Labute approximate surface area is 202 Å². The summed E-state index contributed by atoms with van der Waals surface area (Å²) >= 11 is 0. The van der Waals surface area contributed by atoms with Crippen LogP contribution in [0.25, 0.3) is 22.0 Å². The van der Waals surface area contributed by atoms with Gasteiger partial charge >= 0.3 is 0 Å². The van der Waals surface area contributed by atoms with Gasteiger partial charge in [0.25, 0.3) is 0 Å². The van der Waals surface area contributed by atoms with E-state index >= 15 is 0 Å². The van der Waals surface area contributed by atoms with Crippen LogP contribution < -0.4 is 0 Å². The molecule has 2 fully saturated rings. The molecule has 0 saturated carbocycles. The van der Waals surface area contributed by atoms with Gasteiger partial charge in [-0.15, -0.1) is 5.10 Å². The Morgan fingerprint density at radius 1 is 1.00 bits per heavy atom. The minimum absolute atomic E-state index is 0.179. The molecule has 0 radical (unpaired) electrons. The minimum atomic E-state index is -0.913. The van der Waals surface area contributed by atoms with Crippen LogP contribution in [0.5, 0.6) is 0 Å². The SMILES string of the molecule is CC1(C)O[C@H]2O[C@H](Cn3nnc(C(=O)c4ccccc4)c3-c3ccc4ccccc4c3)[C@H](O)[C@H]2O1. The van der Waals surface area contributed by atoms with E-state index in [4.69, 9.17) is 14.2 Å². The van der Waals surface area contributed by atoms with Crippen LogP contribution in [0, 0.1) is 0 Å². The highest BCUT2D eigenvalue weighted by Crippen LogP contribution is 2.38. The lowest BCUT2D eigenvalue weighted by Crippen LogP contribution is -2.36. The van der Waals surface area contributed by atoms with Crippen LogP contribution in [0.15, 0.2) is 72.8 Å². The van der Waals surface area contributed by atoms with Crippen LogP contribution in [0.4, 0.5) is 0 Å². The molecule has 2 aliphatic heterocycles. The first-order valence-electron chi connectivity index (χ1n) is 11.6. The summed E-state index contributed by atoms with van der Waals surface area (Å²) < 4.78 is 19.2. The average Bonchev–Trinajstić information content (AvgIpc) is 3.50. The summed E-state index contributed by atoms with van der Waals surface area (Å²) in [5.74, 6) is -1.04. The molecular weight excluding hydrogens is 446 g/mol. The second-order valence-corrected chi connectivity index (χ2v) is 9.36. The van der Waals surface area contributed by atoms with E-state index in [1.54, 1.807) is 30.7 Å². The summed E-state index contributed by atoms with van der Waals surface area (Å²) in [7, 11) is 0. The number of hydrogen-bond donors (Lipinski definition) is 1. The highest BCUT2D eigenvalue weighted by molar-refractivity contribution is 6.11. The molecule has 8 nitrogen and oxygen atoms in total. The molecule has 3 aromatic carbocycles. The van der Waals surface area contributed by atoms with Gasteiger partial charge in [0, 0.05) is 11.1 Å². The van der Waals surface area contributed by atoms with Crippen LogP contribution in [-0.2, 0) is 20.8 Å². The Morgan fingerprint density at radius 3 is 2.51 bits per heavy atom. The van der Waals surface area contributed by atoms with Crippen molar-refractivity contribution in [2.24, 2.45) is 0 Å². The first-order valence-corrected chi connectivity index (χ1v) is 11.6. The van der Waals surface area contributed by atoms with Gasteiger partial charge in [0.15, 0.2) is 17.8 Å². The van der Waals surface area contributed by atoms with Gasteiger partial charge in [0.05, 0.1) is 6.54 Å². The van der Waals surface area contributed by atoms with Gasteiger partial charge in [-0.1, -0.05) is 71.9 Å². The molecule has 0 bridgehead atoms. The third-order valence-corrected chi connectivity index (χ3v) is 6.48. The maximum absolute atomic E-state index is 13.4. The molecule has 4 aromatic rings. The van der Waals surface area contributed by atoms with Crippen molar-refractivity contribution in [1.29, 1.82) is 0 Å². The Bertz CT molecular complexity index is 1400. The minimum Gasteiger partial charge on any atom is -0.387 e. The molecule has 1 N–H and O–H groups in total. The molecule has 8 heteroatoms. The van der Waals surface area contributed by atoms with E-state index in [-0.39, 0.29) is 18.0 Å². The molecule has 4 atom stereocenters. The van der Waals surface area contributed by atoms with Crippen molar-refractivity contribution in [2.75, 3.05) is 0 Å². The van der Waals surface area contributed by atoms with Crippen molar-refractivity contribution in [3.8, 4) is 11.3 Å². The first kappa shape index (κ1) is 22.1. The number of ketones is 1. The number of carbonyl (C=O) groups is 1. The predicted molar refractivity (Wildman–Crippen MR) is 128 cm³/mol. The zero-order valence-electron chi connectivity index (χ0n) is 19.4. The Hall–Kier alpha value is -3.43. The zero-order valence-corrected chi connectivity index (χ0v) is 19.4. The van der Waals surface area contributed by atoms with Crippen molar-refractivity contribution >= 4 is 16.6 Å². The summed E-state index contributed by atoms with van der Waals surface area (Å²) in [6.45, 7) is 3.75. The third-order valence-electron chi connectivity index (χ3n) is 6.48. The molecule has 3 heterocycles. The molecule has 178 valence electrons. The largest absolute Gasteiger partial charge is 0.387 e. The number of ether oxygens (including phenoxy) is 3. The lowest BCUT2D eigenvalue weighted by molar-refractivity contribution is -0.216. The maximum atomic E-state index is 13.4. The van der Waals surface area contributed by atoms with Crippen molar-refractivity contribution in [3.05, 3.63) is 84.1 Å². The normalized spacial score (nSPS) is 25.1. The number of fused-ring (bicyclic) bond motifs is 2. The second-order valence-electron chi connectivity index (χ2n) is 9.36. The quantitative estimate of drug-likeness (QED) is 0.445. The highest BCUT2D eigenvalue weighted by Gasteiger charge is 2.54. The number of aliphatic hydroxyl groups excluding tert-OH is 1. The van der Waals surface area contributed by atoms with E-state index in [1.165, 1.54) is 0 Å². The molecule has 1 aromatic heterocycles. The number of aliphatic hydroxyl groups is 1. The number of aromatic nitrogens is 3. The van der Waals surface area contributed by atoms with E-state index in [0.29, 0.717) is 11.3 Å². The van der Waals surface area contributed by atoms with Gasteiger partial charge in [-0.05, 0) is 30.7 Å². The molecule has 0 unspecified atom stereocenters. The zero-order chi connectivity index (χ0) is 24.2. The lowest BCUT2D eigenvalue weighted by atomic mass is 10.00. The van der Waals surface area contributed by atoms with Gasteiger partial charge in [-0.3, -0.25) is 4.79 Å². The fraction of sp³-hybridized carbons (Fsp3) is 0.296. The van der Waals surface area contributed by atoms with Gasteiger partial charge in [-0.25, -0.2) is 4.68 Å². The molecule has 35 heavy (non-hydrogen) atoms. The maximum Gasteiger partial charge on any atom is 0.215 e. The van der Waals surface area contributed by atoms with Crippen molar-refractivity contribution < 1.29 is 24.1 Å². The number of rotatable bonds is 5. The Balaban J connectivity index is 1.39. The van der Waals surface area contributed by atoms with Gasteiger partial charge in [0.1, 0.15) is 24.0 Å². The number of nitrogens with zero attached hydrogens (tertiary/aromatic N) is 3. The second kappa shape index (κ2) is 8.35. The van der Waals surface area contributed by atoms with Crippen LogP contribution in [0.1, 0.15) is 29.9 Å². The monoisotopic (exact) mass is 471 g/mol. The molecule has 2 saturated heterocycles. The van der Waals surface area contributed by atoms with Crippen LogP contribution in [0.3, 0.4) is 0 Å². The van der Waals surface area contributed by atoms with Crippen molar-refractivity contribution in [1.82, 2.24) is 15.0 Å². The van der Waals surface area contributed by atoms with Crippen LogP contribution in [0.2, 0.25) is 0 Å². The molecule has 0 aliphatic carbocycles.